The van der Waals surface area contributed by atoms with E-state index in [9.17, 15) is 14.4 Å². The van der Waals surface area contributed by atoms with E-state index in [0.29, 0.717) is 19.5 Å². The molecule has 0 fully saturated rings. The van der Waals surface area contributed by atoms with Gasteiger partial charge in [0.2, 0.25) is 5.91 Å². The number of rotatable bonds is 10. The van der Waals surface area contributed by atoms with Gasteiger partial charge in [0.15, 0.2) is 0 Å². The maximum Gasteiger partial charge on any atom is 0.315 e. The summed E-state index contributed by atoms with van der Waals surface area (Å²) in [6.45, 7) is 4.64. The van der Waals surface area contributed by atoms with Gasteiger partial charge in [0.25, 0.3) is 0 Å². The van der Waals surface area contributed by atoms with Gasteiger partial charge in [-0.1, -0.05) is 12.8 Å². The van der Waals surface area contributed by atoms with Gasteiger partial charge in [0.05, 0.1) is 0 Å². The third-order valence-electron chi connectivity index (χ3n) is 3.17. The number of urea groups is 1. The van der Waals surface area contributed by atoms with Crippen molar-refractivity contribution in [2.75, 3.05) is 20.1 Å². The molecular formula is C14H27N3O4. The predicted molar refractivity (Wildman–Crippen MR) is 80.0 cm³/mol. The number of nitrogens with zero attached hydrogens (tertiary/aromatic N) is 1. The van der Waals surface area contributed by atoms with Crippen molar-refractivity contribution in [1.29, 1.82) is 0 Å². The fourth-order valence-corrected chi connectivity index (χ4v) is 1.75. The summed E-state index contributed by atoms with van der Waals surface area (Å²) in [4.78, 5) is 35.2. The molecule has 0 radical (unpaired) electrons. The largest absolute Gasteiger partial charge is 0.481 e. The lowest BCUT2D eigenvalue weighted by molar-refractivity contribution is -0.137. The quantitative estimate of drug-likeness (QED) is 0.528. The van der Waals surface area contributed by atoms with Crippen molar-refractivity contribution < 1.29 is 19.5 Å². The van der Waals surface area contributed by atoms with Crippen molar-refractivity contribution >= 4 is 17.9 Å². The van der Waals surface area contributed by atoms with Gasteiger partial charge in [-0.05, 0) is 26.7 Å². The highest BCUT2D eigenvalue weighted by Crippen LogP contribution is 2.02. The van der Waals surface area contributed by atoms with Crippen LogP contribution in [0, 0.1) is 0 Å². The lowest BCUT2D eigenvalue weighted by atomic mass is 10.1. The highest BCUT2D eigenvalue weighted by Gasteiger charge is 2.17. The standard InChI is InChI=1S/C14H27N3O4/c1-4-17(3)13(20)11(2)16-14(21)15-10-8-6-5-7-9-12(18)19/h11H,4-10H2,1-3H3,(H,18,19)(H2,15,16,21). The Bertz CT molecular complexity index is 347. The predicted octanol–water partition coefficient (Wildman–Crippen LogP) is 1.19. The second-order valence-corrected chi connectivity index (χ2v) is 5.03. The molecular weight excluding hydrogens is 274 g/mol. The molecule has 0 aromatic heterocycles. The summed E-state index contributed by atoms with van der Waals surface area (Å²) < 4.78 is 0. The monoisotopic (exact) mass is 301 g/mol. The van der Waals surface area contributed by atoms with Crippen LogP contribution in [0.15, 0.2) is 0 Å². The van der Waals surface area contributed by atoms with Gasteiger partial charge in [-0.2, -0.15) is 0 Å². The third-order valence-corrected chi connectivity index (χ3v) is 3.17. The van der Waals surface area contributed by atoms with Crippen molar-refractivity contribution in [2.24, 2.45) is 0 Å². The normalized spacial score (nSPS) is 11.6. The smallest absolute Gasteiger partial charge is 0.315 e. The number of hydrogen-bond acceptors (Lipinski definition) is 3. The van der Waals surface area contributed by atoms with Gasteiger partial charge >= 0.3 is 12.0 Å². The minimum atomic E-state index is -0.775. The molecule has 0 aliphatic carbocycles. The molecule has 0 aliphatic heterocycles. The Morgan fingerprint density at radius 2 is 1.76 bits per heavy atom. The first-order valence-electron chi connectivity index (χ1n) is 7.39. The number of carbonyl (C=O) groups excluding carboxylic acids is 2. The second kappa shape index (κ2) is 10.9. The lowest BCUT2D eigenvalue weighted by Crippen LogP contribution is -2.49. The van der Waals surface area contributed by atoms with Crippen molar-refractivity contribution in [3.05, 3.63) is 0 Å². The molecule has 0 spiro atoms. The zero-order chi connectivity index (χ0) is 16.3. The first kappa shape index (κ1) is 19.2. The maximum atomic E-state index is 11.7. The summed E-state index contributed by atoms with van der Waals surface area (Å²) in [7, 11) is 1.69. The summed E-state index contributed by atoms with van der Waals surface area (Å²) in [6.07, 6.45) is 3.37. The molecule has 1 atom stereocenters. The number of amides is 3. The Morgan fingerprint density at radius 3 is 2.33 bits per heavy atom. The molecule has 122 valence electrons. The molecule has 0 aromatic rings. The van der Waals surface area contributed by atoms with E-state index in [1.165, 1.54) is 0 Å². The molecule has 0 rings (SSSR count). The van der Waals surface area contributed by atoms with Gasteiger partial charge < -0.3 is 20.6 Å². The number of hydrogen-bond donors (Lipinski definition) is 3. The second-order valence-electron chi connectivity index (χ2n) is 5.03. The van der Waals surface area contributed by atoms with Crippen molar-refractivity contribution in [1.82, 2.24) is 15.5 Å². The van der Waals surface area contributed by atoms with E-state index < -0.39 is 12.0 Å². The first-order chi connectivity index (χ1) is 9.88. The highest BCUT2D eigenvalue weighted by atomic mass is 16.4. The number of carboxylic acid groups (broad SMARTS) is 1. The number of likely N-dealkylation sites (N-methyl/N-ethyl adjacent to an activating group) is 1. The molecule has 3 amide bonds. The summed E-state index contributed by atoms with van der Waals surface area (Å²) in [6, 6.07) is -0.906. The minimum absolute atomic E-state index is 0.124. The lowest BCUT2D eigenvalue weighted by Gasteiger charge is -2.20. The van der Waals surface area contributed by atoms with Crippen LogP contribution in [0.5, 0.6) is 0 Å². The van der Waals surface area contributed by atoms with Gasteiger partial charge in [-0.25, -0.2) is 4.79 Å². The molecule has 0 heterocycles. The van der Waals surface area contributed by atoms with Gasteiger partial charge in [-0.15, -0.1) is 0 Å². The van der Waals surface area contributed by atoms with Gasteiger partial charge in [0, 0.05) is 26.6 Å². The molecule has 7 nitrogen and oxygen atoms in total. The van der Waals surface area contributed by atoms with Crippen LogP contribution in [0.1, 0.15) is 46.0 Å². The Kier molecular flexibility index (Phi) is 10.0. The highest BCUT2D eigenvalue weighted by molar-refractivity contribution is 5.86. The molecule has 1 unspecified atom stereocenters. The summed E-state index contributed by atoms with van der Waals surface area (Å²) in [5.74, 6) is -0.899. The van der Waals surface area contributed by atoms with Crippen molar-refractivity contribution in [2.45, 2.75) is 52.0 Å². The SMILES string of the molecule is CCN(C)C(=O)C(C)NC(=O)NCCCCCCC(=O)O. The number of aliphatic carboxylic acids is 1. The number of nitrogens with one attached hydrogen (secondary N) is 2. The zero-order valence-electron chi connectivity index (χ0n) is 13.1. The Morgan fingerprint density at radius 1 is 1.14 bits per heavy atom. The van der Waals surface area contributed by atoms with E-state index in [1.54, 1.807) is 18.9 Å². The van der Waals surface area contributed by atoms with Crippen LogP contribution in [-0.4, -0.2) is 54.1 Å². The third kappa shape index (κ3) is 9.70. The summed E-state index contributed by atoms with van der Waals surface area (Å²) in [5, 5.41) is 13.8. The molecule has 0 aliphatic rings. The molecule has 0 saturated carbocycles. The Labute approximate surface area is 126 Å². The van der Waals surface area contributed by atoms with Crippen molar-refractivity contribution in [3.8, 4) is 0 Å². The molecule has 7 heteroatoms. The average molecular weight is 301 g/mol. The van der Waals surface area contributed by atoms with Crippen LogP contribution in [0.25, 0.3) is 0 Å². The first-order valence-corrected chi connectivity index (χ1v) is 7.39. The summed E-state index contributed by atoms with van der Waals surface area (Å²) >= 11 is 0. The van der Waals surface area contributed by atoms with Crippen LogP contribution >= 0.6 is 0 Å². The molecule has 3 N–H and O–H groups in total. The zero-order valence-corrected chi connectivity index (χ0v) is 13.1. The molecule has 0 aromatic carbocycles. The van der Waals surface area contributed by atoms with E-state index in [2.05, 4.69) is 10.6 Å². The topological polar surface area (TPSA) is 98.7 Å². The van der Waals surface area contributed by atoms with E-state index >= 15 is 0 Å². The maximum absolute atomic E-state index is 11.7. The van der Waals surface area contributed by atoms with E-state index in [0.717, 1.165) is 19.3 Å². The van der Waals surface area contributed by atoms with Crippen molar-refractivity contribution in [3.63, 3.8) is 0 Å². The molecule has 0 bridgehead atoms. The van der Waals surface area contributed by atoms with Crippen LogP contribution in [0.3, 0.4) is 0 Å². The molecule has 21 heavy (non-hydrogen) atoms. The number of carbonyl (C=O) groups is 3. The van der Waals surface area contributed by atoms with E-state index in [4.69, 9.17) is 5.11 Å². The average Bonchev–Trinajstić information content (AvgIpc) is 2.44. The van der Waals surface area contributed by atoms with Crippen LogP contribution in [0.2, 0.25) is 0 Å². The van der Waals surface area contributed by atoms with E-state index in [1.807, 2.05) is 6.92 Å². The van der Waals surface area contributed by atoms with Crippen LogP contribution in [0.4, 0.5) is 4.79 Å². The fraction of sp³-hybridized carbons (Fsp3) is 0.786. The minimum Gasteiger partial charge on any atom is -0.481 e. The summed E-state index contributed by atoms with van der Waals surface area (Å²) in [5.41, 5.74) is 0. The number of carboxylic acids is 1. The van der Waals surface area contributed by atoms with Crippen LogP contribution in [-0.2, 0) is 9.59 Å². The van der Waals surface area contributed by atoms with Gasteiger partial charge in [0.1, 0.15) is 6.04 Å². The Balaban J connectivity index is 3.67. The van der Waals surface area contributed by atoms with E-state index in [-0.39, 0.29) is 18.4 Å². The Hall–Kier alpha value is -1.79. The number of unbranched alkanes of at least 4 members (excludes halogenated alkanes) is 3. The van der Waals surface area contributed by atoms with Crippen LogP contribution < -0.4 is 10.6 Å². The fourth-order valence-electron chi connectivity index (χ4n) is 1.75. The van der Waals surface area contributed by atoms with Gasteiger partial charge in [-0.3, -0.25) is 9.59 Å². The molecule has 0 saturated heterocycles.